The fraction of sp³-hybridized carbons (Fsp3) is 0. The molecular weight excluding hydrogens is 210 g/mol. The van der Waals surface area contributed by atoms with Crippen molar-refractivity contribution in [1.82, 2.24) is 4.98 Å². The van der Waals surface area contributed by atoms with Crippen molar-refractivity contribution in [3.63, 3.8) is 0 Å². The summed E-state index contributed by atoms with van der Waals surface area (Å²) in [5.41, 5.74) is -0.445. The van der Waals surface area contributed by atoms with Gasteiger partial charge in [0, 0.05) is 17.8 Å². The summed E-state index contributed by atoms with van der Waals surface area (Å²) < 4.78 is 0. The molecule has 16 heavy (non-hydrogen) atoms. The van der Waals surface area contributed by atoms with E-state index in [9.17, 15) is 9.59 Å². The first kappa shape index (κ1) is 10.1. The Kier molecular flexibility index (Phi) is 2.28. The molecule has 0 amide bonds. The largest absolute Gasteiger partial charge is 0.478 e. The number of hydrogen-bond acceptors (Lipinski definition) is 3. The van der Waals surface area contributed by atoms with Gasteiger partial charge in [-0.25, -0.2) is 9.59 Å². The predicted octanol–water partition coefficient (Wildman–Crippen LogP) is 1.63. The molecule has 0 aliphatic heterocycles. The number of rotatable bonds is 2. The molecule has 2 N–H and O–H groups in total. The highest BCUT2D eigenvalue weighted by Crippen LogP contribution is 2.19. The van der Waals surface area contributed by atoms with Gasteiger partial charge in [-0.3, -0.25) is 4.98 Å². The molecule has 0 saturated carbocycles. The normalized spacial score (nSPS) is 10.2. The average molecular weight is 217 g/mol. The number of pyridine rings is 1. The molecule has 0 fully saturated rings. The molecule has 5 nitrogen and oxygen atoms in total. The Morgan fingerprint density at radius 3 is 2.12 bits per heavy atom. The minimum atomic E-state index is -1.26. The Morgan fingerprint density at radius 2 is 1.56 bits per heavy atom. The number of benzene rings is 1. The zero-order valence-electron chi connectivity index (χ0n) is 8.04. The number of carboxylic acid groups (broad SMARTS) is 2. The van der Waals surface area contributed by atoms with E-state index in [1.807, 2.05) is 0 Å². The van der Waals surface area contributed by atoms with Crippen molar-refractivity contribution in [2.75, 3.05) is 0 Å². The second-order valence-electron chi connectivity index (χ2n) is 3.23. The first-order valence-corrected chi connectivity index (χ1v) is 4.44. The van der Waals surface area contributed by atoms with E-state index in [1.165, 1.54) is 24.5 Å². The maximum atomic E-state index is 10.9. The lowest BCUT2D eigenvalue weighted by Gasteiger charge is -2.03. The summed E-state index contributed by atoms with van der Waals surface area (Å²) in [5.74, 6) is -2.51. The van der Waals surface area contributed by atoms with Gasteiger partial charge in [-0.15, -0.1) is 0 Å². The third kappa shape index (κ3) is 1.58. The molecule has 0 unspecified atom stereocenters. The summed E-state index contributed by atoms with van der Waals surface area (Å²) in [5, 5.41) is 19.0. The maximum Gasteiger partial charge on any atom is 0.336 e. The minimum absolute atomic E-state index is 0.216. The van der Waals surface area contributed by atoms with Crippen molar-refractivity contribution in [1.29, 1.82) is 0 Å². The zero-order valence-corrected chi connectivity index (χ0v) is 8.04. The van der Waals surface area contributed by atoms with Crippen LogP contribution >= 0.6 is 0 Å². The highest BCUT2D eigenvalue weighted by molar-refractivity contribution is 6.06. The SMILES string of the molecule is O=C(O)c1cc2ccncc2cc1C(=O)O. The lowest BCUT2D eigenvalue weighted by atomic mass is 10.0. The standard InChI is InChI=1S/C11H7NO4/c13-10(14)8-3-6-1-2-12-5-7(6)4-9(8)11(15)16/h1-5H,(H,13,14)(H,15,16). The number of aromatic nitrogens is 1. The van der Waals surface area contributed by atoms with E-state index in [0.29, 0.717) is 10.8 Å². The fourth-order valence-corrected chi connectivity index (χ4v) is 1.49. The molecule has 2 aromatic rings. The van der Waals surface area contributed by atoms with Crippen LogP contribution in [0.3, 0.4) is 0 Å². The van der Waals surface area contributed by atoms with E-state index in [1.54, 1.807) is 6.07 Å². The summed E-state index contributed by atoms with van der Waals surface area (Å²) in [6, 6.07) is 4.28. The van der Waals surface area contributed by atoms with Gasteiger partial charge in [-0.1, -0.05) is 0 Å². The Labute approximate surface area is 90.0 Å². The molecule has 0 radical (unpaired) electrons. The van der Waals surface area contributed by atoms with Crippen LogP contribution in [0.4, 0.5) is 0 Å². The number of hydrogen-bond donors (Lipinski definition) is 2. The molecule has 0 atom stereocenters. The third-order valence-electron chi connectivity index (χ3n) is 2.24. The number of nitrogens with zero attached hydrogens (tertiary/aromatic N) is 1. The lowest BCUT2D eigenvalue weighted by Crippen LogP contribution is -2.07. The van der Waals surface area contributed by atoms with Crippen LogP contribution in [-0.2, 0) is 0 Å². The molecule has 5 heteroatoms. The molecular formula is C11H7NO4. The van der Waals surface area contributed by atoms with Crippen LogP contribution in [0.2, 0.25) is 0 Å². The molecule has 0 aliphatic carbocycles. The van der Waals surface area contributed by atoms with Gasteiger partial charge in [0.1, 0.15) is 0 Å². The maximum absolute atomic E-state index is 10.9. The van der Waals surface area contributed by atoms with Crippen LogP contribution in [0.25, 0.3) is 10.8 Å². The Hall–Kier alpha value is -2.43. The Balaban J connectivity index is 2.81. The fourth-order valence-electron chi connectivity index (χ4n) is 1.49. The van der Waals surface area contributed by atoms with Crippen molar-refractivity contribution in [3.8, 4) is 0 Å². The molecule has 80 valence electrons. The second-order valence-corrected chi connectivity index (χ2v) is 3.23. The monoisotopic (exact) mass is 217 g/mol. The first-order valence-electron chi connectivity index (χ1n) is 4.44. The molecule has 0 bridgehead atoms. The molecule has 0 spiro atoms. The van der Waals surface area contributed by atoms with Crippen molar-refractivity contribution in [2.24, 2.45) is 0 Å². The number of carboxylic acids is 2. The van der Waals surface area contributed by atoms with E-state index in [2.05, 4.69) is 4.98 Å². The third-order valence-corrected chi connectivity index (χ3v) is 2.24. The van der Waals surface area contributed by atoms with Gasteiger partial charge in [0.05, 0.1) is 11.1 Å². The first-order chi connectivity index (χ1) is 7.59. The van der Waals surface area contributed by atoms with Gasteiger partial charge in [-0.2, -0.15) is 0 Å². The molecule has 1 aromatic heterocycles. The summed E-state index contributed by atoms with van der Waals surface area (Å²) in [6.45, 7) is 0. The number of fused-ring (bicyclic) bond motifs is 1. The van der Waals surface area contributed by atoms with Gasteiger partial charge < -0.3 is 10.2 Å². The van der Waals surface area contributed by atoms with Crippen molar-refractivity contribution >= 4 is 22.7 Å². The Bertz CT molecular complexity index is 539. The molecule has 2 rings (SSSR count). The van der Waals surface area contributed by atoms with Crippen LogP contribution in [0.1, 0.15) is 20.7 Å². The second kappa shape index (κ2) is 3.62. The summed E-state index contributed by atoms with van der Waals surface area (Å²) in [4.78, 5) is 25.6. The van der Waals surface area contributed by atoms with Crippen LogP contribution < -0.4 is 0 Å². The van der Waals surface area contributed by atoms with Gasteiger partial charge in [0.15, 0.2) is 0 Å². The van der Waals surface area contributed by atoms with Gasteiger partial charge in [-0.05, 0) is 23.6 Å². The highest BCUT2D eigenvalue weighted by Gasteiger charge is 2.16. The summed E-state index contributed by atoms with van der Waals surface area (Å²) in [7, 11) is 0. The summed E-state index contributed by atoms with van der Waals surface area (Å²) >= 11 is 0. The number of carbonyl (C=O) groups is 2. The average Bonchev–Trinajstić information content (AvgIpc) is 2.27. The summed E-state index contributed by atoms with van der Waals surface area (Å²) in [6.07, 6.45) is 3.02. The van der Waals surface area contributed by atoms with E-state index >= 15 is 0 Å². The van der Waals surface area contributed by atoms with E-state index in [4.69, 9.17) is 10.2 Å². The van der Waals surface area contributed by atoms with Gasteiger partial charge in [0.25, 0.3) is 0 Å². The van der Waals surface area contributed by atoms with Crippen LogP contribution in [0.15, 0.2) is 30.6 Å². The van der Waals surface area contributed by atoms with Gasteiger partial charge in [0.2, 0.25) is 0 Å². The molecule has 1 heterocycles. The van der Waals surface area contributed by atoms with Crippen LogP contribution in [0, 0.1) is 0 Å². The van der Waals surface area contributed by atoms with Crippen molar-refractivity contribution < 1.29 is 19.8 Å². The van der Waals surface area contributed by atoms with Gasteiger partial charge >= 0.3 is 11.9 Å². The van der Waals surface area contributed by atoms with E-state index in [0.717, 1.165) is 0 Å². The molecule has 0 saturated heterocycles. The minimum Gasteiger partial charge on any atom is -0.478 e. The zero-order chi connectivity index (χ0) is 11.7. The van der Waals surface area contributed by atoms with E-state index in [-0.39, 0.29) is 11.1 Å². The molecule has 0 aliphatic rings. The predicted molar refractivity (Wildman–Crippen MR) is 55.7 cm³/mol. The quantitative estimate of drug-likeness (QED) is 0.798. The van der Waals surface area contributed by atoms with Crippen molar-refractivity contribution in [2.45, 2.75) is 0 Å². The lowest BCUT2D eigenvalue weighted by molar-refractivity contribution is 0.0652. The number of aromatic carboxylic acids is 2. The van der Waals surface area contributed by atoms with Crippen LogP contribution in [0.5, 0.6) is 0 Å². The van der Waals surface area contributed by atoms with Crippen LogP contribution in [-0.4, -0.2) is 27.1 Å². The van der Waals surface area contributed by atoms with Crippen molar-refractivity contribution in [3.05, 3.63) is 41.7 Å². The highest BCUT2D eigenvalue weighted by atomic mass is 16.4. The topological polar surface area (TPSA) is 87.5 Å². The Morgan fingerprint density at radius 1 is 1.00 bits per heavy atom. The smallest absolute Gasteiger partial charge is 0.336 e. The molecule has 1 aromatic carbocycles. The van der Waals surface area contributed by atoms with E-state index < -0.39 is 11.9 Å².